The number of hydrogen-bond donors (Lipinski definition) is 2. The Kier molecular flexibility index (Phi) is 5.71. The summed E-state index contributed by atoms with van der Waals surface area (Å²) in [5.74, 6) is 0.179. The number of aromatic nitrogens is 1. The monoisotopic (exact) mass is 420 g/mol. The van der Waals surface area contributed by atoms with Crippen molar-refractivity contribution in [3.8, 4) is 11.5 Å². The molecule has 11 heteroatoms. The molecule has 0 spiro atoms. The Hall–Kier alpha value is -3.24. The van der Waals surface area contributed by atoms with Crippen molar-refractivity contribution in [2.24, 2.45) is 0 Å². The van der Waals surface area contributed by atoms with Gasteiger partial charge in [-0.25, -0.2) is 4.98 Å². The molecule has 0 saturated carbocycles. The van der Waals surface area contributed by atoms with E-state index in [1.54, 1.807) is 17.5 Å². The van der Waals surface area contributed by atoms with E-state index in [0.29, 0.717) is 17.2 Å². The molecular weight excluding hydrogens is 408 g/mol. The SMILES string of the molecule is CC(=O)NCc1ccc(-c2csc(NC(=O)c3ccc(Cl)cc3[N+](=O)[O-])n2)o1. The van der Waals surface area contributed by atoms with E-state index in [4.69, 9.17) is 16.0 Å². The van der Waals surface area contributed by atoms with Gasteiger partial charge in [0.25, 0.3) is 11.6 Å². The molecule has 0 atom stereocenters. The van der Waals surface area contributed by atoms with Gasteiger partial charge in [-0.1, -0.05) is 11.6 Å². The molecule has 0 unspecified atom stereocenters. The van der Waals surface area contributed by atoms with Crippen LogP contribution in [0.5, 0.6) is 0 Å². The molecule has 3 rings (SSSR count). The van der Waals surface area contributed by atoms with Crippen LogP contribution in [0.2, 0.25) is 5.02 Å². The van der Waals surface area contributed by atoms with Crippen molar-refractivity contribution in [1.82, 2.24) is 10.3 Å². The van der Waals surface area contributed by atoms with E-state index in [1.165, 1.54) is 19.1 Å². The average molecular weight is 421 g/mol. The molecule has 28 heavy (non-hydrogen) atoms. The lowest BCUT2D eigenvalue weighted by Gasteiger charge is -2.03. The second-order valence-corrected chi connectivity index (χ2v) is 6.88. The van der Waals surface area contributed by atoms with Crippen molar-refractivity contribution >= 4 is 45.6 Å². The third-order valence-electron chi connectivity index (χ3n) is 3.55. The van der Waals surface area contributed by atoms with Gasteiger partial charge in [0, 0.05) is 23.4 Å². The number of benzene rings is 1. The number of carbonyl (C=O) groups is 2. The molecule has 0 saturated heterocycles. The van der Waals surface area contributed by atoms with Gasteiger partial charge in [0.15, 0.2) is 10.9 Å². The minimum Gasteiger partial charge on any atom is -0.458 e. The second-order valence-electron chi connectivity index (χ2n) is 5.59. The molecule has 0 bridgehead atoms. The lowest BCUT2D eigenvalue weighted by molar-refractivity contribution is -0.385. The van der Waals surface area contributed by atoms with E-state index in [-0.39, 0.29) is 28.2 Å². The summed E-state index contributed by atoms with van der Waals surface area (Å²) in [4.78, 5) is 38.1. The Bertz CT molecular complexity index is 1060. The van der Waals surface area contributed by atoms with Crippen LogP contribution in [0.15, 0.2) is 40.1 Å². The summed E-state index contributed by atoms with van der Waals surface area (Å²) >= 11 is 6.90. The number of nitrogens with one attached hydrogen (secondary N) is 2. The maximum absolute atomic E-state index is 12.4. The summed E-state index contributed by atoms with van der Waals surface area (Å²) in [6, 6.07) is 7.20. The van der Waals surface area contributed by atoms with E-state index in [0.717, 1.165) is 17.4 Å². The molecule has 3 aromatic rings. The number of amides is 2. The maximum atomic E-state index is 12.4. The van der Waals surface area contributed by atoms with Crippen molar-refractivity contribution in [3.63, 3.8) is 0 Å². The molecule has 1 aromatic carbocycles. The summed E-state index contributed by atoms with van der Waals surface area (Å²) in [5.41, 5.74) is -0.0304. The van der Waals surface area contributed by atoms with Crippen LogP contribution in [0, 0.1) is 10.1 Å². The molecule has 0 radical (unpaired) electrons. The predicted octanol–water partition coefficient (Wildman–Crippen LogP) is 3.85. The summed E-state index contributed by atoms with van der Waals surface area (Å²) in [6.45, 7) is 1.66. The fourth-order valence-electron chi connectivity index (χ4n) is 2.28. The number of hydrogen-bond acceptors (Lipinski definition) is 7. The minimum atomic E-state index is -0.673. The van der Waals surface area contributed by atoms with Crippen molar-refractivity contribution in [2.75, 3.05) is 5.32 Å². The lowest BCUT2D eigenvalue weighted by atomic mass is 10.1. The molecule has 0 aliphatic rings. The minimum absolute atomic E-state index is 0.123. The zero-order chi connectivity index (χ0) is 20.3. The number of thiazole rings is 1. The van der Waals surface area contributed by atoms with Gasteiger partial charge in [-0.3, -0.25) is 25.0 Å². The van der Waals surface area contributed by atoms with E-state index in [9.17, 15) is 19.7 Å². The van der Waals surface area contributed by atoms with Crippen LogP contribution in [-0.2, 0) is 11.3 Å². The molecule has 0 fully saturated rings. The van der Waals surface area contributed by atoms with Gasteiger partial charge in [-0.2, -0.15) is 0 Å². The molecule has 2 aromatic heterocycles. The molecule has 0 aliphatic carbocycles. The highest BCUT2D eigenvalue weighted by atomic mass is 35.5. The average Bonchev–Trinajstić information content (AvgIpc) is 3.28. The number of furan rings is 1. The van der Waals surface area contributed by atoms with E-state index in [2.05, 4.69) is 15.6 Å². The lowest BCUT2D eigenvalue weighted by Crippen LogP contribution is -2.18. The van der Waals surface area contributed by atoms with Gasteiger partial charge in [0.1, 0.15) is 17.0 Å². The van der Waals surface area contributed by atoms with Crippen LogP contribution < -0.4 is 10.6 Å². The number of halogens is 1. The van der Waals surface area contributed by atoms with Crippen LogP contribution in [0.3, 0.4) is 0 Å². The maximum Gasteiger partial charge on any atom is 0.283 e. The van der Waals surface area contributed by atoms with Crippen LogP contribution in [-0.4, -0.2) is 21.7 Å². The Morgan fingerprint density at radius 2 is 2.11 bits per heavy atom. The van der Waals surface area contributed by atoms with Crippen LogP contribution in [0.1, 0.15) is 23.0 Å². The third-order valence-corrected chi connectivity index (χ3v) is 4.54. The largest absolute Gasteiger partial charge is 0.458 e. The fourth-order valence-corrected chi connectivity index (χ4v) is 3.14. The number of nitrogens with zero attached hydrogens (tertiary/aromatic N) is 2. The third kappa shape index (κ3) is 4.53. The van der Waals surface area contributed by atoms with Gasteiger partial charge in [0.2, 0.25) is 5.91 Å². The van der Waals surface area contributed by atoms with Crippen molar-refractivity contribution in [1.29, 1.82) is 0 Å². The summed E-state index contributed by atoms with van der Waals surface area (Å²) in [7, 11) is 0. The van der Waals surface area contributed by atoms with E-state index in [1.807, 2.05) is 0 Å². The molecule has 2 heterocycles. The Balaban J connectivity index is 1.74. The fraction of sp³-hybridized carbons (Fsp3) is 0.118. The zero-order valence-corrected chi connectivity index (χ0v) is 16.0. The smallest absolute Gasteiger partial charge is 0.283 e. The number of anilines is 1. The van der Waals surface area contributed by atoms with Crippen molar-refractivity contribution in [2.45, 2.75) is 13.5 Å². The molecule has 144 valence electrons. The molecule has 9 nitrogen and oxygen atoms in total. The highest BCUT2D eigenvalue weighted by Crippen LogP contribution is 2.28. The highest BCUT2D eigenvalue weighted by molar-refractivity contribution is 7.14. The van der Waals surface area contributed by atoms with E-state index >= 15 is 0 Å². The van der Waals surface area contributed by atoms with Gasteiger partial charge in [0.05, 0.1) is 11.5 Å². The molecular formula is C17H13ClN4O5S. The van der Waals surface area contributed by atoms with Crippen LogP contribution >= 0.6 is 22.9 Å². The highest BCUT2D eigenvalue weighted by Gasteiger charge is 2.21. The van der Waals surface area contributed by atoms with Gasteiger partial charge < -0.3 is 9.73 Å². The van der Waals surface area contributed by atoms with Crippen LogP contribution in [0.4, 0.5) is 10.8 Å². The first kappa shape index (κ1) is 19.5. The van der Waals surface area contributed by atoms with Crippen LogP contribution in [0.25, 0.3) is 11.5 Å². The molecule has 2 amide bonds. The normalized spacial score (nSPS) is 10.5. The van der Waals surface area contributed by atoms with Gasteiger partial charge in [-0.05, 0) is 24.3 Å². The van der Waals surface area contributed by atoms with Gasteiger partial charge >= 0.3 is 0 Å². The number of nitro benzene ring substituents is 1. The Morgan fingerprint density at radius 1 is 1.32 bits per heavy atom. The Morgan fingerprint density at radius 3 is 2.82 bits per heavy atom. The quantitative estimate of drug-likeness (QED) is 0.460. The number of rotatable bonds is 6. The first-order valence-corrected chi connectivity index (χ1v) is 9.13. The summed E-state index contributed by atoms with van der Waals surface area (Å²) in [5, 5.41) is 18.4. The molecule has 0 aliphatic heterocycles. The summed E-state index contributed by atoms with van der Waals surface area (Å²) < 4.78 is 5.60. The standard InChI is InChI=1S/C17H13ClN4O5S/c1-9(23)19-7-11-3-5-15(27-11)13-8-28-17(20-13)21-16(24)12-4-2-10(18)6-14(12)22(25)26/h2-6,8H,7H2,1H3,(H,19,23)(H,20,21,24). The van der Waals surface area contributed by atoms with Gasteiger partial charge in [-0.15, -0.1) is 11.3 Å². The first-order valence-electron chi connectivity index (χ1n) is 7.88. The number of nitro groups is 1. The number of carbonyl (C=O) groups excluding carboxylic acids is 2. The summed E-state index contributed by atoms with van der Waals surface area (Å²) in [6.07, 6.45) is 0. The van der Waals surface area contributed by atoms with Crippen molar-refractivity contribution < 1.29 is 18.9 Å². The topological polar surface area (TPSA) is 127 Å². The first-order chi connectivity index (χ1) is 13.3. The molecule has 2 N–H and O–H groups in total. The zero-order valence-electron chi connectivity index (χ0n) is 14.4. The Labute approximate surface area is 167 Å². The van der Waals surface area contributed by atoms with E-state index < -0.39 is 16.5 Å². The predicted molar refractivity (Wildman–Crippen MR) is 103 cm³/mol. The second kappa shape index (κ2) is 8.19. The van der Waals surface area contributed by atoms with Crippen molar-refractivity contribution in [3.05, 3.63) is 62.2 Å².